The summed E-state index contributed by atoms with van der Waals surface area (Å²) in [6.45, 7) is 14.3. The SMILES string of the molecule is C[C@H](CCC1(O)CCC(C(C)(C)C)CC1)[C@H]1CC[C@H]2[C@@H]3CC[C@H]4C[C@](O)(C(F)(F)F)CC[C@]4(C)[C@H]3CC[C@]12C. The fourth-order valence-corrected chi connectivity index (χ4v) is 11.4. The fourth-order valence-electron chi connectivity index (χ4n) is 11.4. The molecule has 0 spiro atoms. The maximum absolute atomic E-state index is 13.7. The second-order valence-electron chi connectivity index (χ2n) is 17.0. The Kier molecular flexibility index (Phi) is 7.65. The largest absolute Gasteiger partial charge is 0.417 e. The van der Waals surface area contributed by atoms with Gasteiger partial charge in [0, 0.05) is 0 Å². The van der Waals surface area contributed by atoms with Crippen LogP contribution in [0.5, 0.6) is 0 Å². The Morgan fingerprint density at radius 1 is 0.769 bits per heavy atom. The first kappa shape index (κ1) is 30.2. The van der Waals surface area contributed by atoms with Crippen LogP contribution in [0.3, 0.4) is 0 Å². The summed E-state index contributed by atoms with van der Waals surface area (Å²) in [6.07, 6.45) is 8.68. The number of hydrogen-bond acceptors (Lipinski definition) is 2. The molecule has 5 aliphatic rings. The third-order valence-corrected chi connectivity index (χ3v) is 14.2. The minimum Gasteiger partial charge on any atom is -0.390 e. The standard InChI is InChI=1S/C34H57F3O2/c1-22(11-16-32(38)17-12-23(13-18-32)29(2,3)4)26-9-10-27-25-8-7-24-21-33(39,34(35,36)37)20-19-30(24,5)28(25)14-15-31(26,27)6/h22-28,38-39H,7-21H2,1-6H3/t22-,23?,24+,25+,26-,27+,28+,30+,31-,32?,33+/m1/s1. The Hall–Kier alpha value is -0.290. The van der Waals surface area contributed by atoms with Gasteiger partial charge in [0.15, 0.2) is 5.60 Å². The predicted molar refractivity (Wildman–Crippen MR) is 151 cm³/mol. The van der Waals surface area contributed by atoms with E-state index in [9.17, 15) is 23.4 Å². The van der Waals surface area contributed by atoms with E-state index in [0.717, 1.165) is 57.8 Å². The van der Waals surface area contributed by atoms with E-state index in [-0.39, 0.29) is 24.2 Å². The minimum absolute atomic E-state index is 0.0197. The molecule has 9 atom stereocenters. The third kappa shape index (κ3) is 5.14. The van der Waals surface area contributed by atoms with Crippen LogP contribution in [0, 0.1) is 57.7 Å². The summed E-state index contributed by atoms with van der Waals surface area (Å²) in [7, 11) is 0. The Bertz CT molecular complexity index is 886. The van der Waals surface area contributed by atoms with Gasteiger partial charge in [0.05, 0.1) is 5.60 Å². The van der Waals surface area contributed by atoms with Crippen LogP contribution < -0.4 is 0 Å². The molecule has 226 valence electrons. The first-order valence-corrected chi connectivity index (χ1v) is 16.4. The fraction of sp³-hybridized carbons (Fsp3) is 1.00. The van der Waals surface area contributed by atoms with E-state index in [1.807, 2.05) is 0 Å². The van der Waals surface area contributed by atoms with Gasteiger partial charge in [-0.05, 0) is 154 Å². The van der Waals surface area contributed by atoms with E-state index in [0.29, 0.717) is 52.8 Å². The van der Waals surface area contributed by atoms with Gasteiger partial charge >= 0.3 is 6.18 Å². The molecule has 0 aromatic rings. The summed E-state index contributed by atoms with van der Waals surface area (Å²) in [5.74, 6) is 3.78. The van der Waals surface area contributed by atoms with Gasteiger partial charge in [-0.1, -0.05) is 41.5 Å². The predicted octanol–water partition coefficient (Wildman–Crippen LogP) is 9.32. The molecule has 0 aromatic heterocycles. The molecule has 0 bridgehead atoms. The van der Waals surface area contributed by atoms with Gasteiger partial charge in [-0.3, -0.25) is 0 Å². The lowest BCUT2D eigenvalue weighted by molar-refractivity contribution is -0.290. The second-order valence-corrected chi connectivity index (χ2v) is 17.0. The molecule has 0 aromatic carbocycles. The van der Waals surface area contributed by atoms with E-state index >= 15 is 0 Å². The van der Waals surface area contributed by atoms with Crippen molar-refractivity contribution in [3.8, 4) is 0 Å². The van der Waals surface area contributed by atoms with Crippen LogP contribution in [0.25, 0.3) is 0 Å². The topological polar surface area (TPSA) is 40.5 Å². The number of aliphatic hydroxyl groups is 2. The lowest BCUT2D eigenvalue weighted by atomic mass is 9.43. The molecule has 5 heteroatoms. The second kappa shape index (κ2) is 9.88. The van der Waals surface area contributed by atoms with Gasteiger partial charge in [-0.15, -0.1) is 0 Å². The molecule has 2 N–H and O–H groups in total. The van der Waals surface area contributed by atoms with Crippen molar-refractivity contribution in [3.63, 3.8) is 0 Å². The number of fused-ring (bicyclic) bond motifs is 5. The van der Waals surface area contributed by atoms with Crippen molar-refractivity contribution < 1.29 is 23.4 Å². The Labute approximate surface area is 236 Å². The van der Waals surface area contributed by atoms with Gasteiger partial charge < -0.3 is 10.2 Å². The molecule has 0 saturated heterocycles. The van der Waals surface area contributed by atoms with E-state index in [1.54, 1.807) is 0 Å². The van der Waals surface area contributed by atoms with Crippen LogP contribution in [0.2, 0.25) is 0 Å². The van der Waals surface area contributed by atoms with Crippen LogP contribution in [0.1, 0.15) is 138 Å². The van der Waals surface area contributed by atoms with Gasteiger partial charge in [0.25, 0.3) is 0 Å². The first-order valence-electron chi connectivity index (χ1n) is 16.4. The third-order valence-electron chi connectivity index (χ3n) is 14.2. The van der Waals surface area contributed by atoms with E-state index < -0.39 is 17.4 Å². The zero-order chi connectivity index (χ0) is 28.6. The smallest absolute Gasteiger partial charge is 0.390 e. The van der Waals surface area contributed by atoms with Gasteiger partial charge in [-0.25, -0.2) is 0 Å². The number of halogens is 3. The molecular formula is C34H57F3O2. The quantitative estimate of drug-likeness (QED) is 0.363. The van der Waals surface area contributed by atoms with Crippen LogP contribution in [-0.4, -0.2) is 27.6 Å². The van der Waals surface area contributed by atoms with Crippen molar-refractivity contribution >= 4 is 0 Å². The van der Waals surface area contributed by atoms with Crippen molar-refractivity contribution in [3.05, 3.63) is 0 Å². The Morgan fingerprint density at radius 2 is 1.41 bits per heavy atom. The molecular weight excluding hydrogens is 497 g/mol. The van der Waals surface area contributed by atoms with Crippen molar-refractivity contribution in [2.45, 2.75) is 155 Å². The molecule has 0 unspecified atom stereocenters. The van der Waals surface area contributed by atoms with E-state index in [1.165, 1.54) is 19.3 Å². The first-order chi connectivity index (χ1) is 17.9. The van der Waals surface area contributed by atoms with Gasteiger partial charge in [0.2, 0.25) is 0 Å². The molecule has 5 saturated carbocycles. The Morgan fingerprint density at radius 3 is 2.03 bits per heavy atom. The molecule has 5 fully saturated rings. The highest BCUT2D eigenvalue weighted by Crippen LogP contribution is 2.69. The minimum atomic E-state index is -4.52. The average molecular weight is 555 g/mol. The summed E-state index contributed by atoms with van der Waals surface area (Å²) in [5.41, 5.74) is -2.40. The number of rotatable bonds is 4. The normalized spacial score (nSPS) is 49.6. The average Bonchev–Trinajstić information content (AvgIpc) is 3.19. The molecule has 2 nitrogen and oxygen atoms in total. The molecule has 0 amide bonds. The summed E-state index contributed by atoms with van der Waals surface area (Å²) < 4.78 is 41.1. The molecule has 5 rings (SSSR count). The molecule has 0 heterocycles. The zero-order valence-corrected chi connectivity index (χ0v) is 25.7. The highest BCUT2D eigenvalue weighted by atomic mass is 19.4. The summed E-state index contributed by atoms with van der Waals surface area (Å²) in [4.78, 5) is 0. The van der Waals surface area contributed by atoms with Crippen molar-refractivity contribution in [1.82, 2.24) is 0 Å². The summed E-state index contributed by atoms with van der Waals surface area (Å²) in [5, 5.41) is 21.9. The molecule has 0 radical (unpaired) electrons. The summed E-state index contributed by atoms with van der Waals surface area (Å²) >= 11 is 0. The lowest BCUT2D eigenvalue weighted by Gasteiger charge is -2.62. The number of hydrogen-bond donors (Lipinski definition) is 2. The van der Waals surface area contributed by atoms with Gasteiger partial charge in [-0.2, -0.15) is 13.2 Å². The van der Waals surface area contributed by atoms with Crippen LogP contribution in [-0.2, 0) is 0 Å². The van der Waals surface area contributed by atoms with E-state index in [2.05, 4.69) is 41.5 Å². The lowest BCUT2D eigenvalue weighted by Crippen LogP contribution is -2.59. The van der Waals surface area contributed by atoms with E-state index in [4.69, 9.17) is 0 Å². The van der Waals surface area contributed by atoms with Gasteiger partial charge in [0.1, 0.15) is 0 Å². The maximum atomic E-state index is 13.7. The highest BCUT2D eigenvalue weighted by Gasteiger charge is 2.65. The van der Waals surface area contributed by atoms with Crippen LogP contribution in [0.15, 0.2) is 0 Å². The molecule has 5 aliphatic carbocycles. The molecule has 39 heavy (non-hydrogen) atoms. The van der Waals surface area contributed by atoms with Crippen LogP contribution in [0.4, 0.5) is 13.2 Å². The maximum Gasteiger partial charge on any atom is 0.417 e. The Balaban J connectivity index is 1.22. The molecule has 0 aliphatic heterocycles. The van der Waals surface area contributed by atoms with Crippen molar-refractivity contribution in [1.29, 1.82) is 0 Å². The zero-order valence-electron chi connectivity index (χ0n) is 25.7. The van der Waals surface area contributed by atoms with Crippen LogP contribution >= 0.6 is 0 Å². The van der Waals surface area contributed by atoms with Crippen molar-refractivity contribution in [2.75, 3.05) is 0 Å². The summed E-state index contributed by atoms with van der Waals surface area (Å²) in [6, 6.07) is 0. The number of alkyl halides is 3. The van der Waals surface area contributed by atoms with Crippen molar-refractivity contribution in [2.24, 2.45) is 57.7 Å². The monoisotopic (exact) mass is 554 g/mol. The highest BCUT2D eigenvalue weighted by molar-refractivity contribution is 5.11.